The number of nitrogens with one attached hydrogen (secondary N) is 1. The molecule has 1 amide bonds. The van der Waals surface area contributed by atoms with Crippen LogP contribution in [0.5, 0.6) is 5.75 Å². The molecule has 140 valence electrons. The topological polar surface area (TPSA) is 81.7 Å². The summed E-state index contributed by atoms with van der Waals surface area (Å²) in [6, 6.07) is 4.80. The Labute approximate surface area is 153 Å². The molecule has 0 saturated heterocycles. The highest BCUT2D eigenvalue weighted by atomic mass is 16.5. The standard InChI is InChI=1S/C20H25NO5/c1-11(26-19(24)13-7-14(8-13)20(2,3)4)18(23)12-5-6-16-15(9-12)21-17(22)10-25-16/h5-6,9,11,13-14H,7-8,10H2,1-4H3,(H,21,22). The lowest BCUT2D eigenvalue weighted by molar-refractivity contribution is -0.157. The van der Waals surface area contributed by atoms with Crippen molar-refractivity contribution in [1.29, 1.82) is 0 Å². The molecule has 1 fully saturated rings. The summed E-state index contributed by atoms with van der Waals surface area (Å²) in [5, 5.41) is 2.67. The zero-order valence-electron chi connectivity index (χ0n) is 15.6. The van der Waals surface area contributed by atoms with Gasteiger partial charge in [0.2, 0.25) is 5.78 Å². The first-order valence-corrected chi connectivity index (χ1v) is 8.96. The summed E-state index contributed by atoms with van der Waals surface area (Å²) >= 11 is 0. The van der Waals surface area contributed by atoms with Crippen molar-refractivity contribution in [3.05, 3.63) is 23.8 Å². The van der Waals surface area contributed by atoms with Gasteiger partial charge in [-0.25, -0.2) is 0 Å². The van der Waals surface area contributed by atoms with Gasteiger partial charge in [0.1, 0.15) is 5.75 Å². The van der Waals surface area contributed by atoms with Crippen molar-refractivity contribution < 1.29 is 23.9 Å². The Bertz CT molecular complexity index is 743. The van der Waals surface area contributed by atoms with Gasteiger partial charge >= 0.3 is 5.97 Å². The molecule has 1 N–H and O–H groups in total. The molecule has 1 aliphatic heterocycles. The molecule has 1 saturated carbocycles. The second-order valence-electron chi connectivity index (χ2n) is 8.22. The third kappa shape index (κ3) is 3.74. The van der Waals surface area contributed by atoms with Crippen molar-refractivity contribution >= 4 is 23.3 Å². The van der Waals surface area contributed by atoms with Gasteiger partial charge in [0.05, 0.1) is 11.6 Å². The minimum atomic E-state index is -0.866. The molecule has 0 spiro atoms. The van der Waals surface area contributed by atoms with E-state index >= 15 is 0 Å². The highest BCUT2D eigenvalue weighted by molar-refractivity contribution is 6.03. The van der Waals surface area contributed by atoms with Gasteiger partial charge in [-0.05, 0) is 49.3 Å². The van der Waals surface area contributed by atoms with Crippen LogP contribution >= 0.6 is 0 Å². The maximum Gasteiger partial charge on any atom is 0.309 e. The number of hydrogen-bond donors (Lipinski definition) is 1. The zero-order valence-corrected chi connectivity index (χ0v) is 15.6. The van der Waals surface area contributed by atoms with E-state index in [1.165, 1.54) is 0 Å². The van der Waals surface area contributed by atoms with Crippen molar-refractivity contribution in [3.63, 3.8) is 0 Å². The Morgan fingerprint density at radius 1 is 1.27 bits per heavy atom. The fraction of sp³-hybridized carbons (Fsp3) is 0.550. The number of esters is 1. The van der Waals surface area contributed by atoms with Gasteiger partial charge < -0.3 is 14.8 Å². The van der Waals surface area contributed by atoms with Crippen molar-refractivity contribution in [2.24, 2.45) is 17.3 Å². The van der Waals surface area contributed by atoms with Crippen molar-refractivity contribution in [2.45, 2.75) is 46.6 Å². The highest BCUT2D eigenvalue weighted by Crippen LogP contribution is 2.45. The number of ether oxygens (including phenoxy) is 2. The first kappa shape index (κ1) is 18.4. The smallest absolute Gasteiger partial charge is 0.309 e. The van der Waals surface area contributed by atoms with E-state index in [9.17, 15) is 14.4 Å². The predicted molar refractivity (Wildman–Crippen MR) is 96.1 cm³/mol. The average molecular weight is 359 g/mol. The fourth-order valence-electron chi connectivity index (χ4n) is 3.31. The monoisotopic (exact) mass is 359 g/mol. The summed E-state index contributed by atoms with van der Waals surface area (Å²) in [7, 11) is 0. The molecule has 6 nitrogen and oxygen atoms in total. The van der Waals surface area contributed by atoms with E-state index in [1.54, 1.807) is 25.1 Å². The molecule has 1 unspecified atom stereocenters. The highest BCUT2D eigenvalue weighted by Gasteiger charge is 2.42. The van der Waals surface area contributed by atoms with Crippen LogP contribution in [0.2, 0.25) is 0 Å². The number of carbonyl (C=O) groups excluding carboxylic acids is 3. The summed E-state index contributed by atoms with van der Waals surface area (Å²) in [4.78, 5) is 36.2. The third-order valence-corrected chi connectivity index (χ3v) is 5.26. The van der Waals surface area contributed by atoms with E-state index in [2.05, 4.69) is 26.1 Å². The van der Waals surface area contributed by atoms with Gasteiger partial charge in [0, 0.05) is 5.56 Å². The molecule has 3 rings (SSSR count). The van der Waals surface area contributed by atoms with E-state index in [0.717, 1.165) is 12.8 Å². The minimum Gasteiger partial charge on any atom is -0.482 e. The normalized spacial score (nSPS) is 23.0. The minimum absolute atomic E-state index is 0.0365. The first-order chi connectivity index (χ1) is 12.1. The number of amides is 1. The molecule has 0 aromatic heterocycles. The summed E-state index contributed by atoms with van der Waals surface area (Å²) < 4.78 is 10.7. The van der Waals surface area contributed by atoms with Crippen molar-refractivity contribution in [3.8, 4) is 5.75 Å². The first-order valence-electron chi connectivity index (χ1n) is 8.96. The molecule has 0 radical (unpaired) electrons. The summed E-state index contributed by atoms with van der Waals surface area (Å²) in [6.45, 7) is 8.05. The third-order valence-electron chi connectivity index (χ3n) is 5.26. The van der Waals surface area contributed by atoms with Gasteiger partial charge in [0.25, 0.3) is 5.91 Å². The van der Waals surface area contributed by atoms with Crippen LogP contribution in [0, 0.1) is 17.3 Å². The lowest BCUT2D eigenvalue weighted by Gasteiger charge is -2.42. The number of Topliss-reactive ketones (excluding diaryl/α,β-unsaturated/α-hetero) is 1. The van der Waals surface area contributed by atoms with Crippen LogP contribution in [-0.4, -0.2) is 30.4 Å². The van der Waals surface area contributed by atoms with Gasteiger partial charge in [-0.15, -0.1) is 0 Å². The number of anilines is 1. The maximum absolute atomic E-state index is 12.6. The van der Waals surface area contributed by atoms with E-state index in [0.29, 0.717) is 22.9 Å². The van der Waals surface area contributed by atoms with Gasteiger partial charge in [-0.3, -0.25) is 14.4 Å². The van der Waals surface area contributed by atoms with Crippen LogP contribution in [-0.2, 0) is 14.3 Å². The largest absolute Gasteiger partial charge is 0.482 e. The number of hydrogen-bond acceptors (Lipinski definition) is 5. The van der Waals surface area contributed by atoms with E-state index in [4.69, 9.17) is 9.47 Å². The molecule has 1 heterocycles. The van der Waals surface area contributed by atoms with E-state index in [-0.39, 0.29) is 35.6 Å². The van der Waals surface area contributed by atoms with E-state index in [1.807, 2.05) is 0 Å². The second kappa shape index (κ2) is 6.74. The van der Waals surface area contributed by atoms with Crippen LogP contribution in [0.15, 0.2) is 18.2 Å². The van der Waals surface area contributed by atoms with Gasteiger partial charge in [0.15, 0.2) is 12.7 Å². The molecule has 0 bridgehead atoms. The molecule has 26 heavy (non-hydrogen) atoms. The zero-order chi connectivity index (χ0) is 19.1. The fourth-order valence-corrected chi connectivity index (χ4v) is 3.31. The second-order valence-corrected chi connectivity index (χ2v) is 8.22. The van der Waals surface area contributed by atoms with Gasteiger partial charge in [-0.2, -0.15) is 0 Å². The number of carbonyl (C=O) groups is 3. The van der Waals surface area contributed by atoms with Crippen LogP contribution < -0.4 is 10.1 Å². The molecule has 1 aliphatic carbocycles. The lowest BCUT2D eigenvalue weighted by Crippen LogP contribution is -2.40. The summed E-state index contributed by atoms with van der Waals surface area (Å²) in [6.07, 6.45) is 0.756. The number of fused-ring (bicyclic) bond motifs is 1. The summed E-state index contributed by atoms with van der Waals surface area (Å²) in [5.74, 6) is 0.0445. The van der Waals surface area contributed by atoms with Crippen LogP contribution in [0.1, 0.15) is 50.9 Å². The average Bonchev–Trinajstić information content (AvgIpc) is 2.50. The molecular weight excluding hydrogens is 334 g/mol. The SMILES string of the molecule is CC(OC(=O)C1CC(C(C)(C)C)C1)C(=O)c1ccc2c(c1)NC(=O)CO2. The quantitative estimate of drug-likeness (QED) is 0.659. The Morgan fingerprint density at radius 3 is 2.62 bits per heavy atom. The molecule has 1 aromatic carbocycles. The van der Waals surface area contributed by atoms with Gasteiger partial charge in [-0.1, -0.05) is 20.8 Å². The van der Waals surface area contributed by atoms with Crippen molar-refractivity contribution in [1.82, 2.24) is 0 Å². The predicted octanol–water partition coefficient (Wildman–Crippen LogP) is 3.20. The molecule has 1 atom stereocenters. The van der Waals surface area contributed by atoms with E-state index < -0.39 is 6.10 Å². The van der Waals surface area contributed by atoms with Crippen LogP contribution in [0.4, 0.5) is 5.69 Å². The maximum atomic E-state index is 12.6. The Balaban J connectivity index is 1.59. The molecule has 6 heteroatoms. The Hall–Kier alpha value is -2.37. The molecule has 1 aromatic rings. The molecular formula is C20H25NO5. The van der Waals surface area contributed by atoms with Crippen LogP contribution in [0.25, 0.3) is 0 Å². The number of benzene rings is 1. The van der Waals surface area contributed by atoms with Crippen LogP contribution in [0.3, 0.4) is 0 Å². The van der Waals surface area contributed by atoms with Crippen molar-refractivity contribution in [2.75, 3.05) is 11.9 Å². The Morgan fingerprint density at radius 2 is 1.96 bits per heavy atom. The number of ketones is 1. The molecule has 2 aliphatic rings. The Kier molecular flexibility index (Phi) is 4.78. The summed E-state index contributed by atoms with van der Waals surface area (Å²) in [5.41, 5.74) is 1.02. The number of rotatable bonds is 4. The lowest BCUT2D eigenvalue weighted by atomic mass is 9.63.